The molecule has 1 atom stereocenters. The third-order valence-electron chi connectivity index (χ3n) is 5.90. The van der Waals surface area contributed by atoms with Crippen LogP contribution in [-0.4, -0.2) is 59.0 Å². The number of hydrogen-bond acceptors (Lipinski definition) is 7. The van der Waals surface area contributed by atoms with Gasteiger partial charge in [-0.3, -0.25) is 0 Å². The average Bonchev–Trinajstić information content (AvgIpc) is 3.06. The maximum absolute atomic E-state index is 11.8. The van der Waals surface area contributed by atoms with Crippen LogP contribution in [0.2, 0.25) is 5.15 Å². The van der Waals surface area contributed by atoms with Gasteiger partial charge in [0.2, 0.25) is 0 Å². The van der Waals surface area contributed by atoms with E-state index in [0.717, 1.165) is 40.2 Å². The van der Waals surface area contributed by atoms with E-state index in [9.17, 15) is 8.42 Å². The lowest BCUT2D eigenvalue weighted by molar-refractivity contribution is 0.536. The Labute approximate surface area is 173 Å². The fraction of sp³-hybridized carbons (Fsp3) is 0.421. The minimum absolute atomic E-state index is 0.224. The number of halogens is 1. The highest BCUT2D eigenvalue weighted by molar-refractivity contribution is 7.91. The fourth-order valence-corrected chi connectivity index (χ4v) is 5.29. The van der Waals surface area contributed by atoms with Gasteiger partial charge in [0.25, 0.3) is 0 Å². The third-order valence-corrected chi connectivity index (χ3v) is 7.60. The summed E-state index contributed by atoms with van der Waals surface area (Å²) < 4.78 is 23.6. The molecule has 29 heavy (non-hydrogen) atoms. The smallest absolute Gasteiger partial charge is 0.153 e. The summed E-state index contributed by atoms with van der Waals surface area (Å²) in [6.07, 6.45) is 5.52. The van der Waals surface area contributed by atoms with Crippen LogP contribution in [-0.2, 0) is 22.8 Å². The molecule has 0 unspecified atom stereocenters. The third kappa shape index (κ3) is 3.12. The van der Waals surface area contributed by atoms with Crippen molar-refractivity contribution < 1.29 is 8.42 Å². The quantitative estimate of drug-likeness (QED) is 0.634. The largest absolute Gasteiger partial charge is 0.363 e. The van der Waals surface area contributed by atoms with Crippen LogP contribution >= 0.6 is 11.6 Å². The molecule has 2 aliphatic heterocycles. The molecule has 0 amide bonds. The van der Waals surface area contributed by atoms with Crippen LogP contribution < -0.4 is 9.80 Å². The molecule has 0 saturated carbocycles. The minimum Gasteiger partial charge on any atom is -0.363 e. The Bertz CT molecular complexity index is 1200. The molecule has 1 fully saturated rings. The second kappa shape index (κ2) is 6.56. The van der Waals surface area contributed by atoms with E-state index in [1.54, 1.807) is 6.33 Å². The zero-order valence-electron chi connectivity index (χ0n) is 16.1. The van der Waals surface area contributed by atoms with Crippen molar-refractivity contribution in [3.05, 3.63) is 41.1 Å². The lowest BCUT2D eigenvalue weighted by atomic mass is 9.98. The molecule has 0 spiro atoms. The van der Waals surface area contributed by atoms with E-state index < -0.39 is 9.84 Å². The Hall–Kier alpha value is -2.39. The van der Waals surface area contributed by atoms with Crippen LogP contribution in [0, 0.1) is 0 Å². The first kappa shape index (κ1) is 18.6. The number of fused-ring (bicyclic) bond motifs is 2. The van der Waals surface area contributed by atoms with E-state index in [-0.39, 0.29) is 11.3 Å². The standard InChI is InChI=1S/C19H21ClN6O2S/c1-11-5-15-14(19(23-10-22-15)25-7-12(8-25)29(2,27)28)9-26(11)16-6-17(20)24-18-13(16)3-4-21-18/h3-4,6,10-12H,5,7-9H2,1-2H3,(H,21,24)/t11-/m1/s1. The van der Waals surface area contributed by atoms with Gasteiger partial charge in [-0.1, -0.05) is 11.6 Å². The van der Waals surface area contributed by atoms with Gasteiger partial charge >= 0.3 is 0 Å². The molecule has 10 heteroatoms. The highest BCUT2D eigenvalue weighted by Gasteiger charge is 2.38. The van der Waals surface area contributed by atoms with Gasteiger partial charge in [-0.05, 0) is 19.1 Å². The summed E-state index contributed by atoms with van der Waals surface area (Å²) >= 11 is 6.27. The second-order valence-corrected chi connectivity index (χ2v) is 10.6. The maximum atomic E-state index is 11.8. The fourth-order valence-electron chi connectivity index (χ4n) is 4.20. The summed E-state index contributed by atoms with van der Waals surface area (Å²) in [7, 11) is -3.03. The monoisotopic (exact) mass is 432 g/mol. The lowest BCUT2D eigenvalue weighted by Crippen LogP contribution is -2.55. The average molecular weight is 433 g/mol. The molecule has 0 bridgehead atoms. The first-order chi connectivity index (χ1) is 13.8. The van der Waals surface area contributed by atoms with E-state index in [0.29, 0.717) is 24.8 Å². The van der Waals surface area contributed by atoms with Crippen LogP contribution in [0.3, 0.4) is 0 Å². The van der Waals surface area contributed by atoms with Crippen molar-refractivity contribution in [3.63, 3.8) is 0 Å². The number of sulfone groups is 1. The van der Waals surface area contributed by atoms with Crippen molar-refractivity contribution in [3.8, 4) is 0 Å². The molecule has 0 aliphatic carbocycles. The normalized spacial score (nSPS) is 20.0. The van der Waals surface area contributed by atoms with E-state index in [4.69, 9.17) is 11.6 Å². The summed E-state index contributed by atoms with van der Waals surface area (Å²) in [4.78, 5) is 20.8. The molecule has 3 aromatic rings. The topological polar surface area (TPSA) is 95.1 Å². The highest BCUT2D eigenvalue weighted by atomic mass is 35.5. The summed E-state index contributed by atoms with van der Waals surface area (Å²) in [6, 6.07) is 4.12. The minimum atomic E-state index is -3.03. The molecule has 5 rings (SSSR count). The number of rotatable bonds is 3. The van der Waals surface area contributed by atoms with E-state index >= 15 is 0 Å². The Morgan fingerprint density at radius 2 is 2.07 bits per heavy atom. The molecule has 0 aromatic carbocycles. The van der Waals surface area contributed by atoms with Crippen molar-refractivity contribution in [2.75, 3.05) is 29.1 Å². The van der Waals surface area contributed by atoms with Crippen LogP contribution in [0.15, 0.2) is 24.7 Å². The van der Waals surface area contributed by atoms with E-state index in [1.165, 1.54) is 6.26 Å². The number of anilines is 2. The Balaban J connectivity index is 1.52. The summed E-state index contributed by atoms with van der Waals surface area (Å²) in [5.74, 6) is 0.831. The zero-order chi connectivity index (χ0) is 20.3. The van der Waals surface area contributed by atoms with Gasteiger partial charge in [0, 0.05) is 55.5 Å². The van der Waals surface area contributed by atoms with E-state index in [1.807, 2.05) is 23.2 Å². The summed E-state index contributed by atoms with van der Waals surface area (Å²) in [5, 5.41) is 1.13. The molecule has 3 aromatic heterocycles. The number of H-pyrrole nitrogens is 1. The first-order valence-corrected chi connectivity index (χ1v) is 11.8. The summed E-state index contributed by atoms with van der Waals surface area (Å²) in [6.45, 7) is 3.75. The second-order valence-electron chi connectivity index (χ2n) is 7.86. The van der Waals surface area contributed by atoms with E-state index in [2.05, 4.69) is 31.8 Å². The molecule has 1 N–H and O–H groups in total. The molecule has 0 radical (unpaired) electrons. The van der Waals surface area contributed by atoms with Gasteiger partial charge in [0.05, 0.1) is 16.6 Å². The molecule has 152 valence electrons. The predicted octanol–water partition coefficient (Wildman–Crippen LogP) is 2.19. The maximum Gasteiger partial charge on any atom is 0.153 e. The number of hydrogen-bond donors (Lipinski definition) is 1. The van der Waals surface area contributed by atoms with Crippen molar-refractivity contribution in [2.24, 2.45) is 0 Å². The van der Waals surface area contributed by atoms with Gasteiger partial charge in [-0.15, -0.1) is 0 Å². The van der Waals surface area contributed by atoms with Crippen LogP contribution in [0.25, 0.3) is 11.0 Å². The zero-order valence-corrected chi connectivity index (χ0v) is 17.7. The van der Waals surface area contributed by atoms with Crippen LogP contribution in [0.4, 0.5) is 11.5 Å². The van der Waals surface area contributed by atoms with Gasteiger partial charge in [-0.25, -0.2) is 23.4 Å². The number of aromatic nitrogens is 4. The van der Waals surface area contributed by atoms with Crippen molar-refractivity contribution in [1.29, 1.82) is 0 Å². The number of aromatic amines is 1. The number of nitrogens with one attached hydrogen (secondary N) is 1. The van der Waals surface area contributed by atoms with Gasteiger partial charge in [0.1, 0.15) is 22.9 Å². The Morgan fingerprint density at radius 3 is 2.83 bits per heavy atom. The highest BCUT2D eigenvalue weighted by Crippen LogP contribution is 2.37. The van der Waals surface area contributed by atoms with Gasteiger partial charge in [0.15, 0.2) is 9.84 Å². The molecular formula is C19H21ClN6O2S. The molecular weight excluding hydrogens is 412 g/mol. The lowest BCUT2D eigenvalue weighted by Gasteiger charge is -2.42. The molecule has 2 aliphatic rings. The van der Waals surface area contributed by atoms with Crippen LogP contribution in [0.1, 0.15) is 18.2 Å². The van der Waals surface area contributed by atoms with Crippen molar-refractivity contribution in [2.45, 2.75) is 31.2 Å². The number of pyridine rings is 1. The molecule has 8 nitrogen and oxygen atoms in total. The Morgan fingerprint density at radius 1 is 1.28 bits per heavy atom. The molecule has 5 heterocycles. The van der Waals surface area contributed by atoms with Crippen molar-refractivity contribution in [1.82, 2.24) is 19.9 Å². The molecule has 1 saturated heterocycles. The first-order valence-electron chi connectivity index (χ1n) is 9.48. The summed E-state index contributed by atoms with van der Waals surface area (Å²) in [5.41, 5.74) is 3.85. The van der Waals surface area contributed by atoms with Crippen LogP contribution in [0.5, 0.6) is 0 Å². The van der Waals surface area contributed by atoms with Gasteiger partial charge in [-0.2, -0.15) is 0 Å². The van der Waals surface area contributed by atoms with Crippen molar-refractivity contribution >= 4 is 44.0 Å². The Kier molecular flexibility index (Phi) is 4.22. The SMILES string of the molecule is C[C@@H]1Cc2ncnc(N3CC(S(C)(=O)=O)C3)c2CN1c1cc(Cl)nc2[nH]ccc12. The number of nitrogens with zero attached hydrogens (tertiary/aromatic N) is 5. The van der Waals surface area contributed by atoms with Gasteiger partial charge < -0.3 is 14.8 Å². The predicted molar refractivity (Wildman–Crippen MR) is 113 cm³/mol.